The molecule has 3 nitrogen and oxygen atoms in total. The molecule has 1 heterocycles. The minimum Gasteiger partial charge on any atom is -0.321 e. The zero-order valence-electron chi connectivity index (χ0n) is 12.4. The molecule has 0 atom stereocenters. The molecule has 4 heteroatoms. The first kappa shape index (κ1) is 15.3. The highest BCUT2D eigenvalue weighted by Gasteiger charge is 2.12. The Balaban J connectivity index is 2.18. The third-order valence-electron chi connectivity index (χ3n) is 3.21. The lowest BCUT2D eigenvalue weighted by Gasteiger charge is -2.06. The Labute approximate surface area is 129 Å². The number of carbonyl (C=O) groups excluding carboxylic acids is 1. The average Bonchev–Trinajstić information content (AvgIpc) is 2.82. The van der Waals surface area contributed by atoms with Crippen molar-refractivity contribution in [2.45, 2.75) is 20.8 Å². The monoisotopic (exact) mass is 298 g/mol. The molecule has 1 aromatic carbocycles. The molecule has 2 aromatic rings. The Morgan fingerprint density at radius 1 is 1.19 bits per heavy atom. The van der Waals surface area contributed by atoms with Gasteiger partial charge in [0.2, 0.25) is 0 Å². The topological polar surface area (TPSA) is 55.1 Å². The van der Waals surface area contributed by atoms with Crippen LogP contribution in [-0.2, 0) is 0 Å². The maximum Gasteiger partial charge on any atom is 0.265 e. The molecule has 0 aliphatic carbocycles. The highest BCUT2D eigenvalue weighted by molar-refractivity contribution is 7.14. The number of carbonyl (C=O) groups is 1. The molecule has 0 aliphatic heterocycles. The van der Waals surface area contributed by atoms with Crippen molar-refractivity contribution in [1.29, 1.82) is 0 Å². The van der Waals surface area contributed by atoms with E-state index >= 15 is 0 Å². The van der Waals surface area contributed by atoms with Crippen molar-refractivity contribution < 1.29 is 4.79 Å². The standard InChI is InChI=1S/C17H18N2OS/c1-11-6-7-14(9-12(11)2)19-17(20)16-10-13(3)15(21-16)5-4-8-18/h6-7,9-10H,8,18H2,1-3H3,(H,19,20). The molecular formula is C17H18N2OS. The molecule has 1 aromatic heterocycles. The molecule has 0 saturated heterocycles. The summed E-state index contributed by atoms with van der Waals surface area (Å²) in [5.74, 6) is 5.70. The van der Waals surface area contributed by atoms with Crippen LogP contribution in [0.25, 0.3) is 0 Å². The van der Waals surface area contributed by atoms with Crippen LogP contribution in [0, 0.1) is 32.6 Å². The Bertz CT molecular complexity index is 735. The summed E-state index contributed by atoms with van der Waals surface area (Å²) in [6.07, 6.45) is 0. The van der Waals surface area contributed by atoms with Crippen molar-refractivity contribution in [3.8, 4) is 11.8 Å². The number of amides is 1. The fourth-order valence-corrected chi connectivity index (χ4v) is 2.80. The van der Waals surface area contributed by atoms with E-state index < -0.39 is 0 Å². The van der Waals surface area contributed by atoms with Crippen molar-refractivity contribution in [2.24, 2.45) is 5.73 Å². The molecule has 0 radical (unpaired) electrons. The Morgan fingerprint density at radius 2 is 1.95 bits per heavy atom. The van der Waals surface area contributed by atoms with Crippen LogP contribution in [0.15, 0.2) is 24.3 Å². The zero-order chi connectivity index (χ0) is 15.4. The van der Waals surface area contributed by atoms with Crippen LogP contribution in [0.2, 0.25) is 0 Å². The van der Waals surface area contributed by atoms with Crippen molar-refractivity contribution in [2.75, 3.05) is 11.9 Å². The van der Waals surface area contributed by atoms with Gasteiger partial charge in [0.15, 0.2) is 0 Å². The van der Waals surface area contributed by atoms with E-state index in [0.717, 1.165) is 21.7 Å². The van der Waals surface area contributed by atoms with Gasteiger partial charge in [0.05, 0.1) is 16.3 Å². The van der Waals surface area contributed by atoms with E-state index in [1.165, 1.54) is 16.9 Å². The van der Waals surface area contributed by atoms with Gasteiger partial charge < -0.3 is 11.1 Å². The normalized spacial score (nSPS) is 9.90. The summed E-state index contributed by atoms with van der Waals surface area (Å²) in [6.45, 7) is 6.35. The summed E-state index contributed by atoms with van der Waals surface area (Å²) in [6, 6.07) is 7.75. The number of aryl methyl sites for hydroxylation is 3. The van der Waals surface area contributed by atoms with Crippen LogP contribution < -0.4 is 11.1 Å². The lowest BCUT2D eigenvalue weighted by molar-refractivity contribution is 0.103. The second-order valence-corrected chi connectivity index (χ2v) is 5.93. The molecule has 0 unspecified atom stereocenters. The number of anilines is 1. The third kappa shape index (κ3) is 3.72. The first-order chi connectivity index (χ1) is 10.0. The Morgan fingerprint density at radius 3 is 2.62 bits per heavy atom. The largest absolute Gasteiger partial charge is 0.321 e. The van der Waals surface area contributed by atoms with E-state index in [4.69, 9.17) is 5.73 Å². The van der Waals surface area contributed by atoms with Gasteiger partial charge >= 0.3 is 0 Å². The van der Waals surface area contributed by atoms with Gasteiger partial charge in [0, 0.05) is 5.69 Å². The minimum atomic E-state index is -0.104. The quantitative estimate of drug-likeness (QED) is 0.836. The minimum absolute atomic E-state index is 0.104. The van der Waals surface area contributed by atoms with E-state index in [1.54, 1.807) is 0 Å². The van der Waals surface area contributed by atoms with Crippen LogP contribution in [0.3, 0.4) is 0 Å². The third-order valence-corrected chi connectivity index (χ3v) is 4.36. The van der Waals surface area contributed by atoms with Gasteiger partial charge in [-0.05, 0) is 55.7 Å². The number of nitrogens with one attached hydrogen (secondary N) is 1. The number of benzene rings is 1. The number of thiophene rings is 1. The predicted molar refractivity (Wildman–Crippen MR) is 88.9 cm³/mol. The molecule has 108 valence electrons. The summed E-state index contributed by atoms with van der Waals surface area (Å²) >= 11 is 1.39. The van der Waals surface area contributed by atoms with E-state index in [9.17, 15) is 4.79 Å². The predicted octanol–water partition coefficient (Wildman–Crippen LogP) is 3.24. The Kier molecular flexibility index (Phi) is 4.79. The Hall–Kier alpha value is -2.09. The van der Waals surface area contributed by atoms with E-state index in [2.05, 4.69) is 17.2 Å². The van der Waals surface area contributed by atoms with Gasteiger partial charge in [0.1, 0.15) is 0 Å². The van der Waals surface area contributed by atoms with Crippen LogP contribution in [0.5, 0.6) is 0 Å². The van der Waals surface area contributed by atoms with E-state index in [0.29, 0.717) is 11.4 Å². The van der Waals surface area contributed by atoms with Gasteiger partial charge in [-0.15, -0.1) is 11.3 Å². The fourth-order valence-electron chi connectivity index (χ4n) is 1.86. The summed E-state index contributed by atoms with van der Waals surface area (Å²) in [5, 5.41) is 2.92. The molecule has 0 fully saturated rings. The van der Waals surface area contributed by atoms with Gasteiger partial charge in [-0.25, -0.2) is 0 Å². The van der Waals surface area contributed by atoms with Crippen molar-refractivity contribution in [3.63, 3.8) is 0 Å². The zero-order valence-corrected chi connectivity index (χ0v) is 13.2. The highest BCUT2D eigenvalue weighted by atomic mass is 32.1. The molecule has 3 N–H and O–H groups in total. The summed E-state index contributed by atoms with van der Waals surface area (Å²) < 4.78 is 0. The average molecular weight is 298 g/mol. The molecule has 0 aliphatic rings. The van der Waals surface area contributed by atoms with Gasteiger partial charge in [-0.1, -0.05) is 17.9 Å². The lowest BCUT2D eigenvalue weighted by Crippen LogP contribution is -2.10. The molecule has 1 amide bonds. The lowest BCUT2D eigenvalue weighted by atomic mass is 10.1. The summed E-state index contributed by atoms with van der Waals surface area (Å²) in [5.41, 5.74) is 9.55. The first-order valence-corrected chi connectivity index (χ1v) is 7.51. The number of nitrogens with two attached hydrogens (primary N) is 1. The molecule has 0 saturated carbocycles. The summed E-state index contributed by atoms with van der Waals surface area (Å²) in [7, 11) is 0. The van der Waals surface area contributed by atoms with Crippen molar-refractivity contribution >= 4 is 22.9 Å². The molecule has 2 rings (SSSR count). The second kappa shape index (κ2) is 6.57. The van der Waals surface area contributed by atoms with E-state index in [-0.39, 0.29) is 5.91 Å². The van der Waals surface area contributed by atoms with Gasteiger partial charge in [-0.2, -0.15) is 0 Å². The van der Waals surface area contributed by atoms with Crippen molar-refractivity contribution in [3.05, 3.63) is 50.7 Å². The number of hydrogen-bond donors (Lipinski definition) is 2. The molecular weight excluding hydrogens is 280 g/mol. The van der Waals surface area contributed by atoms with E-state index in [1.807, 2.05) is 45.0 Å². The van der Waals surface area contributed by atoms with Gasteiger partial charge in [-0.3, -0.25) is 4.79 Å². The second-order valence-electron chi connectivity index (χ2n) is 4.88. The SMILES string of the molecule is Cc1ccc(NC(=O)c2cc(C)c(C#CCN)s2)cc1C. The first-order valence-electron chi connectivity index (χ1n) is 6.69. The smallest absolute Gasteiger partial charge is 0.265 e. The van der Waals surface area contributed by atoms with Crippen LogP contribution >= 0.6 is 11.3 Å². The molecule has 0 spiro atoms. The van der Waals surface area contributed by atoms with Crippen LogP contribution in [0.1, 0.15) is 31.2 Å². The fraction of sp³-hybridized carbons (Fsp3) is 0.235. The molecule has 0 bridgehead atoms. The molecule has 21 heavy (non-hydrogen) atoms. The maximum atomic E-state index is 12.3. The van der Waals surface area contributed by atoms with Crippen LogP contribution in [-0.4, -0.2) is 12.5 Å². The number of hydrogen-bond acceptors (Lipinski definition) is 3. The summed E-state index contributed by atoms with van der Waals surface area (Å²) in [4.78, 5) is 13.8. The maximum absolute atomic E-state index is 12.3. The van der Waals surface area contributed by atoms with Crippen molar-refractivity contribution in [1.82, 2.24) is 0 Å². The number of rotatable bonds is 2. The van der Waals surface area contributed by atoms with Crippen LogP contribution in [0.4, 0.5) is 5.69 Å². The highest BCUT2D eigenvalue weighted by Crippen LogP contribution is 2.22. The van der Waals surface area contributed by atoms with Gasteiger partial charge in [0.25, 0.3) is 5.91 Å².